The molecule has 1 N–H and O–H groups in total. The van der Waals surface area contributed by atoms with E-state index in [0.717, 1.165) is 12.8 Å². The van der Waals surface area contributed by atoms with Crippen LogP contribution in [-0.2, 0) is 12.8 Å². The number of hydrogen-bond donors (Lipinski definition) is 1. The molecule has 0 spiro atoms. The SMILES string of the molecule is Cc1cc(C)c(CCc2ccncc2)[nH]1. The molecule has 0 saturated carbocycles. The highest BCUT2D eigenvalue weighted by atomic mass is 14.7. The molecule has 2 heterocycles. The first-order valence-electron chi connectivity index (χ1n) is 5.29. The summed E-state index contributed by atoms with van der Waals surface area (Å²) in [6, 6.07) is 6.35. The van der Waals surface area contributed by atoms with Gasteiger partial charge < -0.3 is 4.98 Å². The van der Waals surface area contributed by atoms with Gasteiger partial charge in [0, 0.05) is 23.8 Å². The van der Waals surface area contributed by atoms with Gasteiger partial charge in [0.15, 0.2) is 0 Å². The summed E-state index contributed by atoms with van der Waals surface area (Å²) in [5, 5.41) is 0. The fourth-order valence-electron chi connectivity index (χ4n) is 1.86. The van der Waals surface area contributed by atoms with Crippen molar-refractivity contribution in [3.05, 3.63) is 53.1 Å². The molecule has 0 atom stereocenters. The Hall–Kier alpha value is -1.57. The van der Waals surface area contributed by atoms with E-state index in [2.05, 4.69) is 42.0 Å². The van der Waals surface area contributed by atoms with E-state index in [1.165, 1.54) is 22.5 Å². The molecule has 2 nitrogen and oxygen atoms in total. The summed E-state index contributed by atoms with van der Waals surface area (Å²) in [4.78, 5) is 7.41. The summed E-state index contributed by atoms with van der Waals surface area (Å²) in [7, 11) is 0. The number of pyridine rings is 1. The van der Waals surface area contributed by atoms with E-state index in [4.69, 9.17) is 0 Å². The van der Waals surface area contributed by atoms with Gasteiger partial charge in [-0.05, 0) is 56.0 Å². The van der Waals surface area contributed by atoms with Crippen molar-refractivity contribution < 1.29 is 0 Å². The molecule has 2 rings (SSSR count). The van der Waals surface area contributed by atoms with Crippen LogP contribution in [0.4, 0.5) is 0 Å². The second kappa shape index (κ2) is 4.30. The maximum atomic E-state index is 4.01. The van der Waals surface area contributed by atoms with E-state index in [-0.39, 0.29) is 0 Å². The highest BCUT2D eigenvalue weighted by molar-refractivity contribution is 5.25. The van der Waals surface area contributed by atoms with Gasteiger partial charge in [-0.3, -0.25) is 4.98 Å². The minimum absolute atomic E-state index is 1.07. The van der Waals surface area contributed by atoms with Crippen molar-refractivity contribution in [3.63, 3.8) is 0 Å². The standard InChI is InChI=1S/C13H16N2/c1-10-9-11(2)15-13(10)4-3-12-5-7-14-8-6-12/h5-9,15H,3-4H2,1-2H3. The van der Waals surface area contributed by atoms with Gasteiger partial charge in [0.05, 0.1) is 0 Å². The number of aryl methyl sites for hydroxylation is 4. The lowest BCUT2D eigenvalue weighted by atomic mass is 10.1. The Morgan fingerprint density at radius 3 is 2.47 bits per heavy atom. The zero-order chi connectivity index (χ0) is 10.7. The summed E-state index contributed by atoms with van der Waals surface area (Å²) in [6.07, 6.45) is 5.84. The fraction of sp³-hybridized carbons (Fsp3) is 0.308. The van der Waals surface area contributed by atoms with Gasteiger partial charge in [0.25, 0.3) is 0 Å². The number of hydrogen-bond acceptors (Lipinski definition) is 1. The van der Waals surface area contributed by atoms with Crippen molar-refractivity contribution in [2.75, 3.05) is 0 Å². The number of aromatic nitrogens is 2. The molecule has 0 aliphatic rings. The Labute approximate surface area is 90.4 Å². The Bertz CT molecular complexity index is 429. The topological polar surface area (TPSA) is 28.7 Å². The Kier molecular flexibility index (Phi) is 2.86. The van der Waals surface area contributed by atoms with Crippen molar-refractivity contribution in [1.82, 2.24) is 9.97 Å². The molecule has 0 aliphatic heterocycles. The van der Waals surface area contributed by atoms with Crippen LogP contribution in [0.25, 0.3) is 0 Å². The molecule has 15 heavy (non-hydrogen) atoms. The van der Waals surface area contributed by atoms with Crippen LogP contribution in [0.5, 0.6) is 0 Å². The molecule has 0 bridgehead atoms. The normalized spacial score (nSPS) is 10.5. The predicted molar refractivity (Wildman–Crippen MR) is 61.9 cm³/mol. The van der Waals surface area contributed by atoms with E-state index in [1.807, 2.05) is 12.4 Å². The van der Waals surface area contributed by atoms with Gasteiger partial charge >= 0.3 is 0 Å². The second-order valence-electron chi connectivity index (χ2n) is 3.97. The predicted octanol–water partition coefficient (Wildman–Crippen LogP) is 2.81. The van der Waals surface area contributed by atoms with Crippen molar-refractivity contribution in [3.8, 4) is 0 Å². The lowest BCUT2D eigenvalue weighted by molar-refractivity contribution is 0.908. The lowest BCUT2D eigenvalue weighted by Gasteiger charge is -2.00. The summed E-state index contributed by atoms with van der Waals surface area (Å²) in [6.45, 7) is 4.26. The number of nitrogens with zero attached hydrogens (tertiary/aromatic N) is 1. The first-order valence-corrected chi connectivity index (χ1v) is 5.29. The minimum Gasteiger partial charge on any atom is -0.362 e. The second-order valence-corrected chi connectivity index (χ2v) is 3.97. The summed E-state index contributed by atoms with van der Waals surface area (Å²) in [5.74, 6) is 0. The lowest BCUT2D eigenvalue weighted by Crippen LogP contribution is -1.93. The summed E-state index contributed by atoms with van der Waals surface area (Å²) >= 11 is 0. The highest BCUT2D eigenvalue weighted by Crippen LogP contribution is 2.11. The van der Waals surface area contributed by atoms with Gasteiger partial charge in [0.2, 0.25) is 0 Å². The average Bonchev–Trinajstić information content (AvgIpc) is 2.56. The van der Waals surface area contributed by atoms with E-state index >= 15 is 0 Å². The molecule has 0 fully saturated rings. The van der Waals surface area contributed by atoms with Crippen molar-refractivity contribution >= 4 is 0 Å². The average molecular weight is 200 g/mol. The monoisotopic (exact) mass is 200 g/mol. The van der Waals surface area contributed by atoms with Crippen molar-refractivity contribution in [1.29, 1.82) is 0 Å². The molecule has 2 aromatic rings. The molecule has 0 saturated heterocycles. The minimum atomic E-state index is 1.07. The highest BCUT2D eigenvalue weighted by Gasteiger charge is 2.01. The molecule has 78 valence electrons. The Morgan fingerprint density at radius 2 is 1.87 bits per heavy atom. The molecule has 0 unspecified atom stereocenters. The van der Waals surface area contributed by atoms with Crippen molar-refractivity contribution in [2.45, 2.75) is 26.7 Å². The third-order valence-electron chi connectivity index (χ3n) is 2.67. The quantitative estimate of drug-likeness (QED) is 0.811. The molecule has 0 aliphatic carbocycles. The maximum Gasteiger partial charge on any atom is 0.0270 e. The zero-order valence-electron chi connectivity index (χ0n) is 9.25. The van der Waals surface area contributed by atoms with E-state index in [0.29, 0.717) is 0 Å². The fourth-order valence-corrected chi connectivity index (χ4v) is 1.86. The third kappa shape index (κ3) is 2.46. The van der Waals surface area contributed by atoms with Gasteiger partial charge in [0.1, 0.15) is 0 Å². The largest absolute Gasteiger partial charge is 0.362 e. The van der Waals surface area contributed by atoms with Crippen LogP contribution >= 0.6 is 0 Å². The van der Waals surface area contributed by atoms with Crippen LogP contribution in [-0.4, -0.2) is 9.97 Å². The van der Waals surface area contributed by atoms with Gasteiger partial charge in [-0.15, -0.1) is 0 Å². The van der Waals surface area contributed by atoms with Crippen LogP contribution in [0, 0.1) is 13.8 Å². The number of nitrogens with one attached hydrogen (secondary N) is 1. The summed E-state index contributed by atoms with van der Waals surface area (Å²) in [5.41, 5.74) is 5.31. The zero-order valence-corrected chi connectivity index (χ0v) is 9.25. The van der Waals surface area contributed by atoms with Crippen LogP contribution in [0.1, 0.15) is 22.5 Å². The smallest absolute Gasteiger partial charge is 0.0270 e. The van der Waals surface area contributed by atoms with E-state index < -0.39 is 0 Å². The van der Waals surface area contributed by atoms with Crippen LogP contribution in [0.15, 0.2) is 30.6 Å². The molecule has 0 aromatic carbocycles. The molecule has 0 amide bonds. The van der Waals surface area contributed by atoms with Gasteiger partial charge in [-0.2, -0.15) is 0 Å². The molecular formula is C13H16N2. The van der Waals surface area contributed by atoms with Crippen LogP contribution < -0.4 is 0 Å². The van der Waals surface area contributed by atoms with E-state index in [1.54, 1.807) is 0 Å². The van der Waals surface area contributed by atoms with Crippen molar-refractivity contribution in [2.24, 2.45) is 0 Å². The van der Waals surface area contributed by atoms with Crippen LogP contribution in [0.3, 0.4) is 0 Å². The molecule has 2 heteroatoms. The Balaban J connectivity index is 2.02. The van der Waals surface area contributed by atoms with Gasteiger partial charge in [-0.1, -0.05) is 0 Å². The summed E-state index contributed by atoms with van der Waals surface area (Å²) < 4.78 is 0. The molecule has 2 aromatic heterocycles. The Morgan fingerprint density at radius 1 is 1.13 bits per heavy atom. The first kappa shape index (κ1) is 9.97. The third-order valence-corrected chi connectivity index (χ3v) is 2.67. The first-order chi connectivity index (χ1) is 7.25. The number of H-pyrrole nitrogens is 1. The van der Waals surface area contributed by atoms with E-state index in [9.17, 15) is 0 Å². The van der Waals surface area contributed by atoms with Gasteiger partial charge in [-0.25, -0.2) is 0 Å². The maximum absolute atomic E-state index is 4.01. The van der Waals surface area contributed by atoms with Crippen LogP contribution in [0.2, 0.25) is 0 Å². The molecular weight excluding hydrogens is 184 g/mol. The number of rotatable bonds is 3. The number of aromatic amines is 1. The molecule has 0 radical (unpaired) electrons.